The Labute approximate surface area is 146 Å². The Balaban J connectivity index is 1.88. The van der Waals surface area contributed by atoms with Crippen LogP contribution in [0, 0.1) is 0 Å². The van der Waals surface area contributed by atoms with E-state index in [1.165, 1.54) is 12.4 Å². The number of pyridine rings is 1. The largest absolute Gasteiger partial charge is 0.388 e. The first-order valence-corrected chi connectivity index (χ1v) is 7.85. The minimum atomic E-state index is -0.136. The smallest absolute Gasteiger partial charge is 0.147 e. The highest BCUT2D eigenvalue weighted by Gasteiger charge is 2.16. The molecule has 2 N–H and O–H groups in total. The van der Waals surface area contributed by atoms with Crippen molar-refractivity contribution in [2.75, 3.05) is 0 Å². The summed E-state index contributed by atoms with van der Waals surface area (Å²) in [6.07, 6.45) is 6.58. The number of imidazole rings is 2. The molecule has 4 rings (SSSR count). The Morgan fingerprint density at radius 3 is 2.71 bits per heavy atom. The zero-order valence-corrected chi connectivity index (χ0v) is 13.8. The number of aliphatic hydroxyl groups is 1. The summed E-state index contributed by atoms with van der Waals surface area (Å²) in [7, 11) is 0. The molecule has 120 valence electrons. The molecule has 24 heavy (non-hydrogen) atoms. The van der Waals surface area contributed by atoms with Crippen molar-refractivity contribution in [1.29, 1.82) is 0 Å². The fourth-order valence-electron chi connectivity index (χ4n) is 2.60. The molecule has 0 unspecified atom stereocenters. The van der Waals surface area contributed by atoms with E-state index in [-0.39, 0.29) is 6.61 Å². The van der Waals surface area contributed by atoms with Crippen molar-refractivity contribution in [3.8, 4) is 17.1 Å². The van der Waals surface area contributed by atoms with Gasteiger partial charge < -0.3 is 10.1 Å². The molecule has 0 spiro atoms. The molecule has 0 saturated heterocycles. The van der Waals surface area contributed by atoms with Gasteiger partial charge in [-0.1, -0.05) is 23.2 Å². The topological polar surface area (TPSA) is 79.6 Å². The van der Waals surface area contributed by atoms with E-state index in [2.05, 4.69) is 19.9 Å². The van der Waals surface area contributed by atoms with Gasteiger partial charge in [0.05, 0.1) is 26.6 Å². The van der Waals surface area contributed by atoms with Crippen LogP contribution >= 0.6 is 23.2 Å². The van der Waals surface area contributed by atoms with Crippen LogP contribution < -0.4 is 0 Å². The third kappa shape index (κ3) is 2.45. The lowest BCUT2D eigenvalue weighted by atomic mass is 10.2. The normalized spacial score (nSPS) is 11.3. The summed E-state index contributed by atoms with van der Waals surface area (Å²) in [5, 5.41) is 10.1. The molecule has 0 radical (unpaired) electrons. The van der Waals surface area contributed by atoms with Crippen LogP contribution in [-0.2, 0) is 6.61 Å². The summed E-state index contributed by atoms with van der Waals surface area (Å²) < 4.78 is 1.88. The van der Waals surface area contributed by atoms with E-state index in [4.69, 9.17) is 23.2 Å². The molecule has 6 nitrogen and oxygen atoms in total. The molecule has 0 aliphatic heterocycles. The number of fused-ring (bicyclic) bond motifs is 1. The number of hydrogen-bond donors (Lipinski definition) is 2. The van der Waals surface area contributed by atoms with Crippen LogP contribution in [0.25, 0.3) is 28.1 Å². The Kier molecular flexibility index (Phi) is 3.72. The second-order valence-electron chi connectivity index (χ2n) is 5.14. The van der Waals surface area contributed by atoms with Gasteiger partial charge in [-0.3, -0.25) is 9.55 Å². The number of aromatic nitrogens is 5. The molecule has 3 aromatic heterocycles. The predicted octanol–water partition coefficient (Wildman–Crippen LogP) is 3.61. The molecule has 1 aromatic carbocycles. The minimum Gasteiger partial charge on any atom is -0.388 e. The number of H-pyrrole nitrogens is 1. The number of nitrogens with one attached hydrogen (secondary N) is 1. The number of halogens is 2. The second-order valence-corrected chi connectivity index (χ2v) is 5.96. The van der Waals surface area contributed by atoms with Gasteiger partial charge in [0.1, 0.15) is 18.3 Å². The first-order chi connectivity index (χ1) is 11.7. The molecule has 0 aliphatic rings. The van der Waals surface area contributed by atoms with Gasteiger partial charge in [-0.25, -0.2) is 9.97 Å². The number of rotatable bonds is 3. The van der Waals surface area contributed by atoms with Gasteiger partial charge in [0, 0.05) is 30.5 Å². The van der Waals surface area contributed by atoms with Crippen molar-refractivity contribution in [2.45, 2.75) is 6.61 Å². The Morgan fingerprint density at radius 2 is 1.96 bits per heavy atom. The summed E-state index contributed by atoms with van der Waals surface area (Å²) >= 11 is 12.5. The highest BCUT2D eigenvalue weighted by atomic mass is 35.5. The molecule has 0 amide bonds. The maximum atomic E-state index is 9.20. The maximum absolute atomic E-state index is 9.20. The van der Waals surface area contributed by atoms with E-state index < -0.39 is 0 Å². The Hall–Kier alpha value is -2.41. The lowest BCUT2D eigenvalue weighted by Gasteiger charge is -2.10. The average Bonchev–Trinajstić information content (AvgIpc) is 3.20. The molecule has 4 aromatic rings. The maximum Gasteiger partial charge on any atom is 0.147 e. The standard InChI is InChI=1S/C16H11Cl2N5O/c17-10-6-19-7-11(18)15(10)16-20-3-4-23(16)9-1-2-12-13(5-9)22-14(8-24)21-12/h1-7,24H,8H2,(H,21,22). The van der Waals surface area contributed by atoms with Crippen molar-refractivity contribution < 1.29 is 5.11 Å². The summed E-state index contributed by atoms with van der Waals surface area (Å²) in [6.45, 7) is -0.136. The van der Waals surface area contributed by atoms with E-state index in [0.717, 1.165) is 16.7 Å². The number of hydrogen-bond acceptors (Lipinski definition) is 4. The van der Waals surface area contributed by atoms with Crippen LogP contribution in [-0.4, -0.2) is 29.6 Å². The van der Waals surface area contributed by atoms with Crippen LogP contribution in [0.5, 0.6) is 0 Å². The lowest BCUT2D eigenvalue weighted by molar-refractivity contribution is 0.273. The SMILES string of the molecule is OCc1nc2ccc(-n3ccnc3-c3c(Cl)cncc3Cl)cc2[nH]1. The van der Waals surface area contributed by atoms with Gasteiger partial charge in [0.15, 0.2) is 0 Å². The molecule has 0 atom stereocenters. The first-order valence-electron chi connectivity index (χ1n) is 7.10. The molecule has 0 saturated carbocycles. The predicted molar refractivity (Wildman–Crippen MR) is 92.4 cm³/mol. The highest BCUT2D eigenvalue weighted by molar-refractivity contribution is 6.38. The third-order valence-electron chi connectivity index (χ3n) is 3.66. The summed E-state index contributed by atoms with van der Waals surface area (Å²) in [5.41, 5.74) is 3.10. The molecular weight excluding hydrogens is 349 g/mol. The van der Waals surface area contributed by atoms with Crippen LogP contribution in [0.3, 0.4) is 0 Å². The summed E-state index contributed by atoms with van der Waals surface area (Å²) in [4.78, 5) is 15.7. The molecule has 0 fully saturated rings. The third-order valence-corrected chi connectivity index (χ3v) is 4.23. The van der Waals surface area contributed by atoms with Gasteiger partial charge in [0.25, 0.3) is 0 Å². The van der Waals surface area contributed by atoms with E-state index in [1.54, 1.807) is 6.20 Å². The van der Waals surface area contributed by atoms with Crippen molar-refractivity contribution in [3.05, 3.63) is 58.9 Å². The molecule has 3 heterocycles. The fourth-order valence-corrected chi connectivity index (χ4v) is 3.13. The van der Waals surface area contributed by atoms with Gasteiger partial charge in [0.2, 0.25) is 0 Å². The van der Waals surface area contributed by atoms with E-state index in [1.807, 2.05) is 29.0 Å². The second kappa shape index (κ2) is 5.90. The van der Waals surface area contributed by atoms with Crippen molar-refractivity contribution in [1.82, 2.24) is 24.5 Å². The minimum absolute atomic E-state index is 0.136. The number of aliphatic hydroxyl groups excluding tert-OH is 1. The van der Waals surface area contributed by atoms with Crippen molar-refractivity contribution in [3.63, 3.8) is 0 Å². The summed E-state index contributed by atoms with van der Waals surface area (Å²) in [6, 6.07) is 5.72. The van der Waals surface area contributed by atoms with Gasteiger partial charge in [-0.05, 0) is 18.2 Å². The Morgan fingerprint density at radius 1 is 1.17 bits per heavy atom. The average molecular weight is 360 g/mol. The van der Waals surface area contributed by atoms with Gasteiger partial charge in [-0.15, -0.1) is 0 Å². The van der Waals surface area contributed by atoms with Gasteiger partial charge >= 0.3 is 0 Å². The molecule has 8 heteroatoms. The molecule has 0 bridgehead atoms. The zero-order valence-electron chi connectivity index (χ0n) is 12.2. The van der Waals surface area contributed by atoms with Gasteiger partial charge in [-0.2, -0.15) is 0 Å². The fraction of sp³-hybridized carbons (Fsp3) is 0.0625. The van der Waals surface area contributed by atoms with E-state index >= 15 is 0 Å². The molecular formula is C16H11Cl2N5O. The van der Waals surface area contributed by atoms with Crippen molar-refractivity contribution in [2.24, 2.45) is 0 Å². The van der Waals surface area contributed by atoms with Crippen LogP contribution in [0.4, 0.5) is 0 Å². The quantitative estimate of drug-likeness (QED) is 0.585. The number of aromatic amines is 1. The van der Waals surface area contributed by atoms with Crippen LogP contribution in [0.1, 0.15) is 5.82 Å². The molecule has 0 aliphatic carbocycles. The number of benzene rings is 1. The van der Waals surface area contributed by atoms with Crippen LogP contribution in [0.2, 0.25) is 10.0 Å². The number of nitrogens with zero attached hydrogens (tertiary/aromatic N) is 4. The van der Waals surface area contributed by atoms with E-state index in [0.29, 0.717) is 27.3 Å². The first kappa shape index (κ1) is 15.1. The summed E-state index contributed by atoms with van der Waals surface area (Å²) in [5.74, 6) is 1.14. The highest BCUT2D eigenvalue weighted by Crippen LogP contribution is 2.34. The zero-order chi connectivity index (χ0) is 16.7. The monoisotopic (exact) mass is 359 g/mol. The Bertz CT molecular complexity index is 1020. The van der Waals surface area contributed by atoms with Crippen molar-refractivity contribution >= 4 is 34.2 Å². The van der Waals surface area contributed by atoms with E-state index in [9.17, 15) is 5.11 Å². The lowest BCUT2D eigenvalue weighted by Crippen LogP contribution is -1.98. The van der Waals surface area contributed by atoms with Crippen LogP contribution in [0.15, 0.2) is 43.0 Å².